The van der Waals surface area contributed by atoms with E-state index in [2.05, 4.69) is 5.32 Å². The van der Waals surface area contributed by atoms with Gasteiger partial charge in [0.2, 0.25) is 0 Å². The quantitative estimate of drug-likeness (QED) is 0.787. The highest BCUT2D eigenvalue weighted by atomic mass is 16.3. The van der Waals surface area contributed by atoms with Crippen molar-refractivity contribution in [2.45, 2.75) is 26.3 Å². The summed E-state index contributed by atoms with van der Waals surface area (Å²) < 4.78 is 5.80. The van der Waals surface area contributed by atoms with Gasteiger partial charge in [-0.15, -0.1) is 0 Å². The van der Waals surface area contributed by atoms with Crippen molar-refractivity contribution in [2.24, 2.45) is 0 Å². The second kappa shape index (κ2) is 6.06. The number of carbonyl (C=O) groups is 1. The Bertz CT molecular complexity index is 771. The van der Waals surface area contributed by atoms with Gasteiger partial charge >= 0.3 is 0 Å². The molecular formula is C19H19NO2. The fourth-order valence-corrected chi connectivity index (χ4v) is 2.62. The van der Waals surface area contributed by atoms with Crippen molar-refractivity contribution < 1.29 is 9.21 Å². The molecule has 22 heavy (non-hydrogen) atoms. The van der Waals surface area contributed by atoms with Crippen LogP contribution in [0.4, 0.5) is 0 Å². The molecule has 0 radical (unpaired) electrons. The van der Waals surface area contributed by atoms with Crippen LogP contribution in [0.3, 0.4) is 0 Å². The predicted octanol–water partition coefficient (Wildman–Crippen LogP) is 4.10. The molecule has 0 saturated heterocycles. The van der Waals surface area contributed by atoms with Gasteiger partial charge in [-0.05, 0) is 37.6 Å². The first kappa shape index (κ1) is 14.4. The first-order chi connectivity index (χ1) is 10.6. The van der Waals surface area contributed by atoms with E-state index in [4.69, 9.17) is 4.42 Å². The molecule has 112 valence electrons. The minimum absolute atomic E-state index is 0.00710. The topological polar surface area (TPSA) is 42.2 Å². The van der Waals surface area contributed by atoms with Crippen LogP contribution < -0.4 is 5.32 Å². The Morgan fingerprint density at radius 3 is 2.64 bits per heavy atom. The van der Waals surface area contributed by atoms with Gasteiger partial charge in [0, 0.05) is 23.4 Å². The molecule has 0 aliphatic heterocycles. The van der Waals surface area contributed by atoms with E-state index in [1.54, 1.807) is 0 Å². The van der Waals surface area contributed by atoms with Gasteiger partial charge in [0.25, 0.3) is 5.91 Å². The molecule has 3 aromatic rings. The Hall–Kier alpha value is -2.55. The first-order valence-corrected chi connectivity index (χ1v) is 7.47. The molecule has 3 heteroatoms. The maximum atomic E-state index is 12.3. The minimum Gasteiger partial charge on any atom is -0.461 e. The summed E-state index contributed by atoms with van der Waals surface area (Å²) in [6, 6.07) is 17.6. The van der Waals surface area contributed by atoms with Gasteiger partial charge in [0.1, 0.15) is 11.3 Å². The van der Waals surface area contributed by atoms with Crippen LogP contribution in [0.15, 0.2) is 59.0 Å². The Labute approximate surface area is 130 Å². The molecule has 1 heterocycles. The van der Waals surface area contributed by atoms with Crippen LogP contribution in [0.5, 0.6) is 0 Å². The van der Waals surface area contributed by atoms with Gasteiger partial charge in [-0.3, -0.25) is 4.79 Å². The monoisotopic (exact) mass is 293 g/mol. The van der Waals surface area contributed by atoms with Crippen molar-refractivity contribution in [3.63, 3.8) is 0 Å². The lowest BCUT2D eigenvalue weighted by Crippen LogP contribution is -2.34. The number of fused-ring (bicyclic) bond motifs is 1. The number of aryl methyl sites for hydroxylation is 1. The molecule has 1 amide bonds. The summed E-state index contributed by atoms with van der Waals surface area (Å²) in [5, 5.41) is 4.12. The van der Waals surface area contributed by atoms with Crippen molar-refractivity contribution in [3.8, 4) is 0 Å². The average molecular weight is 293 g/mol. The summed E-state index contributed by atoms with van der Waals surface area (Å²) in [6.45, 7) is 3.93. The van der Waals surface area contributed by atoms with E-state index < -0.39 is 0 Å². The van der Waals surface area contributed by atoms with E-state index in [-0.39, 0.29) is 11.9 Å². The third-order valence-electron chi connectivity index (χ3n) is 3.75. The van der Waals surface area contributed by atoms with Crippen LogP contribution in [0.1, 0.15) is 28.6 Å². The Balaban J connectivity index is 1.68. The maximum absolute atomic E-state index is 12.3. The van der Waals surface area contributed by atoms with Gasteiger partial charge in [-0.25, -0.2) is 0 Å². The smallest absolute Gasteiger partial charge is 0.251 e. The number of benzene rings is 2. The molecule has 0 aliphatic carbocycles. The van der Waals surface area contributed by atoms with Crippen LogP contribution in [-0.2, 0) is 6.42 Å². The SMILES string of the molecule is Cc1ccccc1C(=O)N[C@H](C)Cc1cc2ccccc2o1. The Morgan fingerprint density at radius 1 is 1.14 bits per heavy atom. The molecule has 1 N–H and O–H groups in total. The van der Waals surface area contributed by atoms with Crippen molar-refractivity contribution in [3.05, 3.63) is 71.5 Å². The van der Waals surface area contributed by atoms with E-state index in [0.717, 1.165) is 27.9 Å². The van der Waals surface area contributed by atoms with Crippen LogP contribution in [0.2, 0.25) is 0 Å². The number of carbonyl (C=O) groups excluding carboxylic acids is 1. The minimum atomic E-state index is -0.0401. The second-order valence-electron chi connectivity index (χ2n) is 5.64. The van der Waals surface area contributed by atoms with Crippen molar-refractivity contribution in [2.75, 3.05) is 0 Å². The van der Waals surface area contributed by atoms with E-state index in [9.17, 15) is 4.79 Å². The van der Waals surface area contributed by atoms with Gasteiger partial charge in [-0.1, -0.05) is 36.4 Å². The van der Waals surface area contributed by atoms with E-state index in [1.165, 1.54) is 0 Å². The molecule has 3 rings (SSSR count). The fraction of sp³-hybridized carbons (Fsp3) is 0.211. The van der Waals surface area contributed by atoms with Crippen molar-refractivity contribution in [1.82, 2.24) is 5.32 Å². The summed E-state index contributed by atoms with van der Waals surface area (Å²) in [4.78, 5) is 12.3. The van der Waals surface area contributed by atoms with Gasteiger partial charge in [-0.2, -0.15) is 0 Å². The number of rotatable bonds is 4. The van der Waals surface area contributed by atoms with Crippen LogP contribution >= 0.6 is 0 Å². The van der Waals surface area contributed by atoms with Crippen molar-refractivity contribution in [1.29, 1.82) is 0 Å². The summed E-state index contributed by atoms with van der Waals surface area (Å²) in [5.74, 6) is 0.848. The van der Waals surface area contributed by atoms with E-state index in [1.807, 2.05) is 68.4 Å². The van der Waals surface area contributed by atoms with Crippen LogP contribution in [-0.4, -0.2) is 11.9 Å². The zero-order chi connectivity index (χ0) is 15.5. The largest absolute Gasteiger partial charge is 0.461 e. The predicted molar refractivity (Wildman–Crippen MR) is 88.0 cm³/mol. The zero-order valence-electron chi connectivity index (χ0n) is 12.8. The molecule has 0 bridgehead atoms. The summed E-state index contributed by atoms with van der Waals surface area (Å²) in [7, 11) is 0. The van der Waals surface area contributed by atoms with E-state index >= 15 is 0 Å². The first-order valence-electron chi connectivity index (χ1n) is 7.47. The van der Waals surface area contributed by atoms with E-state index in [0.29, 0.717) is 6.42 Å². The molecular weight excluding hydrogens is 274 g/mol. The molecule has 0 spiro atoms. The summed E-state index contributed by atoms with van der Waals surface area (Å²) >= 11 is 0. The van der Waals surface area contributed by atoms with Crippen molar-refractivity contribution >= 4 is 16.9 Å². The molecule has 1 atom stereocenters. The third kappa shape index (κ3) is 3.03. The highest BCUT2D eigenvalue weighted by Crippen LogP contribution is 2.20. The molecule has 0 unspecified atom stereocenters. The molecule has 3 nitrogen and oxygen atoms in total. The Kier molecular flexibility index (Phi) is 3.96. The average Bonchev–Trinajstić information content (AvgIpc) is 2.89. The van der Waals surface area contributed by atoms with Gasteiger partial charge in [0.15, 0.2) is 0 Å². The molecule has 0 saturated carbocycles. The molecule has 2 aromatic carbocycles. The highest BCUT2D eigenvalue weighted by Gasteiger charge is 2.13. The number of hydrogen-bond donors (Lipinski definition) is 1. The normalized spacial score (nSPS) is 12.3. The molecule has 0 fully saturated rings. The lowest BCUT2D eigenvalue weighted by Gasteiger charge is -2.13. The van der Waals surface area contributed by atoms with Crippen LogP contribution in [0.25, 0.3) is 11.0 Å². The maximum Gasteiger partial charge on any atom is 0.251 e. The number of furan rings is 1. The molecule has 0 aliphatic rings. The summed E-state index contributed by atoms with van der Waals surface area (Å²) in [6.07, 6.45) is 0.673. The number of amides is 1. The van der Waals surface area contributed by atoms with Gasteiger partial charge < -0.3 is 9.73 Å². The summed E-state index contributed by atoms with van der Waals surface area (Å²) in [5.41, 5.74) is 2.59. The third-order valence-corrected chi connectivity index (χ3v) is 3.75. The van der Waals surface area contributed by atoms with Crippen LogP contribution in [0, 0.1) is 6.92 Å². The molecule has 1 aromatic heterocycles. The lowest BCUT2D eigenvalue weighted by atomic mass is 10.1. The number of nitrogens with one attached hydrogen (secondary N) is 1. The van der Waals surface area contributed by atoms with Gasteiger partial charge in [0.05, 0.1) is 0 Å². The lowest BCUT2D eigenvalue weighted by molar-refractivity contribution is 0.0939. The highest BCUT2D eigenvalue weighted by molar-refractivity contribution is 5.95. The zero-order valence-corrected chi connectivity index (χ0v) is 12.8. The fourth-order valence-electron chi connectivity index (χ4n) is 2.62. The number of hydrogen-bond acceptors (Lipinski definition) is 2. The number of para-hydroxylation sites is 1. The Morgan fingerprint density at radius 2 is 1.86 bits per heavy atom. The standard InChI is InChI=1S/C19H19NO2/c1-13-7-3-5-9-17(13)19(21)20-14(2)11-16-12-15-8-4-6-10-18(15)22-16/h3-10,12,14H,11H2,1-2H3,(H,20,21)/t14-/m1/s1. The second-order valence-corrected chi connectivity index (χ2v) is 5.64.